The number of piperazine rings is 1. The minimum atomic E-state index is -0.335. The number of aromatic nitrogens is 1. The van der Waals surface area contributed by atoms with Gasteiger partial charge in [0.05, 0.1) is 11.7 Å². The molecule has 1 unspecified atom stereocenters. The van der Waals surface area contributed by atoms with E-state index in [2.05, 4.69) is 36.0 Å². The van der Waals surface area contributed by atoms with Gasteiger partial charge in [-0.05, 0) is 47.1 Å². The first-order chi connectivity index (χ1) is 14.4. The topological polar surface area (TPSA) is 78.7 Å². The first-order valence-corrected chi connectivity index (χ1v) is 10.7. The minimum absolute atomic E-state index is 0.153. The Balaban J connectivity index is 1.44. The van der Waals surface area contributed by atoms with Crippen LogP contribution in [-0.4, -0.2) is 53.8 Å². The second-order valence-corrected chi connectivity index (χ2v) is 8.30. The molecule has 156 valence electrons. The number of pyridine rings is 1. The predicted molar refractivity (Wildman–Crippen MR) is 120 cm³/mol. The second kappa shape index (κ2) is 8.57. The fourth-order valence-electron chi connectivity index (χ4n) is 3.70. The summed E-state index contributed by atoms with van der Waals surface area (Å²) >= 11 is 3.41. The summed E-state index contributed by atoms with van der Waals surface area (Å²) in [6, 6.07) is 11.0. The standard InChI is InChI=1S/C22H23BrN4O3/c1-14(26-9-11-27(12-10-26)19-8-7-16(23)13-24-19)22(29)25-20-17-5-3-4-6-18(17)30-21(20)15(2)28/h3-8,13-14H,9-12H2,1-2H3,(H,25,29). The Labute approximate surface area is 183 Å². The third-order valence-corrected chi connectivity index (χ3v) is 5.91. The highest BCUT2D eigenvalue weighted by molar-refractivity contribution is 9.10. The molecule has 0 aliphatic carbocycles. The molecule has 7 nitrogen and oxygen atoms in total. The lowest BCUT2D eigenvalue weighted by molar-refractivity contribution is -0.120. The third kappa shape index (κ3) is 4.11. The number of nitrogens with one attached hydrogen (secondary N) is 1. The number of hydrogen-bond acceptors (Lipinski definition) is 6. The number of Topliss-reactive ketones (excluding diaryl/α,β-unsaturated/α-hetero) is 1. The summed E-state index contributed by atoms with van der Waals surface area (Å²) in [5.74, 6) is 0.748. The molecule has 3 aromatic rings. The number of nitrogens with zero attached hydrogens (tertiary/aromatic N) is 3. The van der Waals surface area contributed by atoms with Crippen LogP contribution in [0.15, 0.2) is 51.5 Å². The summed E-state index contributed by atoms with van der Waals surface area (Å²) in [5.41, 5.74) is 1.04. The van der Waals surface area contributed by atoms with Crippen LogP contribution in [0.1, 0.15) is 24.4 Å². The highest BCUT2D eigenvalue weighted by Crippen LogP contribution is 2.31. The Morgan fingerprint density at radius 2 is 1.87 bits per heavy atom. The molecular formula is C22H23BrN4O3. The number of carbonyl (C=O) groups is 2. The van der Waals surface area contributed by atoms with E-state index in [0.717, 1.165) is 41.9 Å². The summed E-state index contributed by atoms with van der Waals surface area (Å²) < 4.78 is 6.61. The van der Waals surface area contributed by atoms with Crippen molar-refractivity contribution in [2.75, 3.05) is 36.4 Å². The van der Waals surface area contributed by atoms with Gasteiger partial charge in [0, 0.05) is 49.2 Å². The van der Waals surface area contributed by atoms with E-state index in [4.69, 9.17) is 4.42 Å². The van der Waals surface area contributed by atoms with Crippen molar-refractivity contribution in [3.63, 3.8) is 0 Å². The zero-order valence-corrected chi connectivity index (χ0v) is 18.5. The summed E-state index contributed by atoms with van der Waals surface area (Å²) in [7, 11) is 0. The number of para-hydroxylation sites is 1. The Hall–Kier alpha value is -2.71. The van der Waals surface area contributed by atoms with Crippen LogP contribution in [0.4, 0.5) is 11.5 Å². The molecule has 1 aliphatic heterocycles. The third-order valence-electron chi connectivity index (χ3n) is 5.44. The smallest absolute Gasteiger partial charge is 0.241 e. The van der Waals surface area contributed by atoms with Gasteiger partial charge in [0.1, 0.15) is 11.4 Å². The van der Waals surface area contributed by atoms with Crippen LogP contribution in [0.3, 0.4) is 0 Å². The van der Waals surface area contributed by atoms with E-state index < -0.39 is 0 Å². The van der Waals surface area contributed by atoms with Gasteiger partial charge in [0.15, 0.2) is 11.5 Å². The highest BCUT2D eigenvalue weighted by Gasteiger charge is 2.28. The van der Waals surface area contributed by atoms with E-state index in [1.807, 2.05) is 37.3 Å². The van der Waals surface area contributed by atoms with Crippen molar-refractivity contribution < 1.29 is 14.0 Å². The van der Waals surface area contributed by atoms with Crippen molar-refractivity contribution in [2.45, 2.75) is 19.9 Å². The van der Waals surface area contributed by atoms with E-state index in [0.29, 0.717) is 11.3 Å². The predicted octanol–water partition coefficient (Wildman–Crippen LogP) is 3.94. The molecule has 1 fully saturated rings. The van der Waals surface area contributed by atoms with E-state index in [-0.39, 0.29) is 23.5 Å². The lowest BCUT2D eigenvalue weighted by atomic mass is 10.1. The SMILES string of the molecule is CC(=O)c1oc2ccccc2c1NC(=O)C(C)N1CCN(c2ccc(Br)cn2)CC1. The van der Waals surface area contributed by atoms with Gasteiger partial charge in [0.2, 0.25) is 5.91 Å². The molecule has 2 aromatic heterocycles. The molecule has 1 N–H and O–H groups in total. The van der Waals surface area contributed by atoms with Gasteiger partial charge in [0.25, 0.3) is 0 Å². The highest BCUT2D eigenvalue weighted by atomic mass is 79.9. The van der Waals surface area contributed by atoms with E-state index >= 15 is 0 Å². The number of halogens is 1. The molecule has 0 spiro atoms. The van der Waals surface area contributed by atoms with Crippen LogP contribution in [0.5, 0.6) is 0 Å². The number of benzene rings is 1. The Morgan fingerprint density at radius 3 is 2.53 bits per heavy atom. The molecule has 0 bridgehead atoms. The molecule has 4 rings (SSSR count). The normalized spacial score (nSPS) is 15.9. The lowest BCUT2D eigenvalue weighted by Crippen LogP contribution is -2.53. The molecule has 30 heavy (non-hydrogen) atoms. The molecule has 1 aromatic carbocycles. The first kappa shape index (κ1) is 20.6. The monoisotopic (exact) mass is 470 g/mol. The second-order valence-electron chi connectivity index (χ2n) is 7.38. The molecule has 1 amide bonds. The number of anilines is 2. The number of ketones is 1. The van der Waals surface area contributed by atoms with E-state index in [1.165, 1.54) is 6.92 Å². The Morgan fingerprint density at radius 1 is 1.13 bits per heavy atom. The molecule has 8 heteroatoms. The number of amides is 1. The maximum atomic E-state index is 13.0. The van der Waals surface area contributed by atoms with Gasteiger partial charge in [-0.1, -0.05) is 12.1 Å². The number of fused-ring (bicyclic) bond motifs is 1. The summed E-state index contributed by atoms with van der Waals surface area (Å²) in [6.45, 7) is 6.40. The van der Waals surface area contributed by atoms with Crippen LogP contribution in [0.25, 0.3) is 11.0 Å². The molecule has 0 saturated carbocycles. The van der Waals surface area contributed by atoms with Gasteiger partial charge < -0.3 is 14.6 Å². The van der Waals surface area contributed by atoms with Gasteiger partial charge in [-0.15, -0.1) is 0 Å². The lowest BCUT2D eigenvalue weighted by Gasteiger charge is -2.37. The number of carbonyl (C=O) groups excluding carboxylic acids is 2. The van der Waals surface area contributed by atoms with Crippen LogP contribution in [0, 0.1) is 0 Å². The quantitative estimate of drug-likeness (QED) is 0.568. The van der Waals surface area contributed by atoms with Crippen molar-refractivity contribution in [2.24, 2.45) is 0 Å². The van der Waals surface area contributed by atoms with Crippen molar-refractivity contribution >= 4 is 50.1 Å². The first-order valence-electron chi connectivity index (χ1n) is 9.88. The fraction of sp³-hybridized carbons (Fsp3) is 0.318. The molecule has 3 heterocycles. The molecule has 1 saturated heterocycles. The summed E-state index contributed by atoms with van der Waals surface area (Å²) in [5, 5.41) is 3.67. The van der Waals surface area contributed by atoms with Crippen molar-refractivity contribution in [3.8, 4) is 0 Å². The van der Waals surface area contributed by atoms with E-state index in [1.54, 1.807) is 12.3 Å². The summed E-state index contributed by atoms with van der Waals surface area (Å²) in [4.78, 5) is 33.8. The van der Waals surface area contributed by atoms with Crippen LogP contribution in [-0.2, 0) is 4.79 Å². The maximum Gasteiger partial charge on any atom is 0.241 e. The van der Waals surface area contributed by atoms with Gasteiger partial charge in [-0.25, -0.2) is 4.98 Å². The molecule has 1 aliphatic rings. The average molecular weight is 471 g/mol. The fourth-order valence-corrected chi connectivity index (χ4v) is 3.94. The van der Waals surface area contributed by atoms with Crippen molar-refractivity contribution in [1.29, 1.82) is 0 Å². The van der Waals surface area contributed by atoms with Gasteiger partial charge in [-0.3, -0.25) is 14.5 Å². The van der Waals surface area contributed by atoms with Crippen LogP contribution in [0.2, 0.25) is 0 Å². The van der Waals surface area contributed by atoms with Gasteiger partial charge in [-0.2, -0.15) is 0 Å². The van der Waals surface area contributed by atoms with Crippen LogP contribution >= 0.6 is 15.9 Å². The van der Waals surface area contributed by atoms with Crippen molar-refractivity contribution in [3.05, 3.63) is 52.8 Å². The Kier molecular flexibility index (Phi) is 5.87. The zero-order chi connectivity index (χ0) is 21.3. The minimum Gasteiger partial charge on any atom is -0.451 e. The van der Waals surface area contributed by atoms with Crippen LogP contribution < -0.4 is 10.2 Å². The van der Waals surface area contributed by atoms with Gasteiger partial charge >= 0.3 is 0 Å². The van der Waals surface area contributed by atoms with Crippen molar-refractivity contribution in [1.82, 2.24) is 9.88 Å². The Bertz CT molecular complexity index is 1070. The maximum absolute atomic E-state index is 13.0. The molecule has 1 atom stereocenters. The summed E-state index contributed by atoms with van der Waals surface area (Å²) in [6.07, 6.45) is 1.79. The average Bonchev–Trinajstić information content (AvgIpc) is 3.13. The van der Waals surface area contributed by atoms with E-state index in [9.17, 15) is 9.59 Å². The molecular weight excluding hydrogens is 448 g/mol. The molecule has 0 radical (unpaired) electrons. The number of rotatable bonds is 5. The zero-order valence-electron chi connectivity index (χ0n) is 16.9. The number of hydrogen-bond donors (Lipinski definition) is 1. The largest absolute Gasteiger partial charge is 0.451 e. The number of furan rings is 1.